The Hall–Kier alpha value is -2.99. The van der Waals surface area contributed by atoms with Crippen LogP contribution in [-0.4, -0.2) is 45.7 Å². The van der Waals surface area contributed by atoms with Crippen LogP contribution in [0, 0.1) is 6.92 Å². The molecule has 0 bridgehead atoms. The van der Waals surface area contributed by atoms with Crippen molar-refractivity contribution in [2.75, 3.05) is 34.9 Å². The molecule has 0 aliphatic heterocycles. The number of benzene rings is 2. The molecule has 0 spiro atoms. The summed E-state index contributed by atoms with van der Waals surface area (Å²) in [5.74, 6) is 1.64. The maximum absolute atomic E-state index is 12.8. The van der Waals surface area contributed by atoms with Gasteiger partial charge in [-0.2, -0.15) is 0 Å². The smallest absolute Gasteiger partial charge is 0.287 e. The number of carbonyl (C=O) groups is 1. The average Bonchev–Trinajstić information content (AvgIpc) is 3.04. The lowest BCUT2D eigenvalue weighted by molar-refractivity contribution is 0.0915. The van der Waals surface area contributed by atoms with Crippen molar-refractivity contribution in [3.63, 3.8) is 0 Å². The molecule has 0 fully saturated rings. The molecule has 1 unspecified atom stereocenters. The molecule has 1 aromatic heterocycles. The van der Waals surface area contributed by atoms with E-state index in [2.05, 4.69) is 10.2 Å². The summed E-state index contributed by atoms with van der Waals surface area (Å²) in [4.78, 5) is 14.8. The molecule has 0 radical (unpaired) electrons. The number of fused-ring (bicyclic) bond motifs is 1. The van der Waals surface area contributed by atoms with Crippen LogP contribution in [0.3, 0.4) is 0 Å². The standard InChI is InChI=1S/C22H26N2O4/c1-14-18-12-17(27-5)10-11-20(18)28-21(14)22(25)23-13-19(24(2)3)15-6-8-16(26-4)9-7-15/h6-12,19H,13H2,1-5H3,(H,23,25). The number of nitrogens with one attached hydrogen (secondary N) is 1. The molecule has 148 valence electrons. The first-order chi connectivity index (χ1) is 13.4. The Morgan fingerprint density at radius 3 is 2.32 bits per heavy atom. The summed E-state index contributed by atoms with van der Waals surface area (Å²) in [6.07, 6.45) is 0. The second-order valence-corrected chi connectivity index (χ2v) is 6.88. The monoisotopic (exact) mass is 382 g/mol. The molecular weight excluding hydrogens is 356 g/mol. The summed E-state index contributed by atoms with van der Waals surface area (Å²) >= 11 is 0. The van der Waals surface area contributed by atoms with Gasteiger partial charge < -0.3 is 24.1 Å². The summed E-state index contributed by atoms with van der Waals surface area (Å²) in [5.41, 5.74) is 2.57. The summed E-state index contributed by atoms with van der Waals surface area (Å²) in [6, 6.07) is 13.4. The number of rotatable bonds is 7. The van der Waals surface area contributed by atoms with Gasteiger partial charge in [-0.15, -0.1) is 0 Å². The minimum absolute atomic E-state index is 0.0274. The first-order valence-electron chi connectivity index (χ1n) is 9.10. The summed E-state index contributed by atoms with van der Waals surface area (Å²) in [5, 5.41) is 3.88. The van der Waals surface area contributed by atoms with Gasteiger partial charge in [0.25, 0.3) is 5.91 Å². The van der Waals surface area contributed by atoms with Crippen LogP contribution in [0.5, 0.6) is 11.5 Å². The lowest BCUT2D eigenvalue weighted by Crippen LogP contribution is -2.34. The minimum Gasteiger partial charge on any atom is -0.497 e. The highest BCUT2D eigenvalue weighted by molar-refractivity contribution is 5.99. The second-order valence-electron chi connectivity index (χ2n) is 6.88. The number of aryl methyl sites for hydroxylation is 1. The lowest BCUT2D eigenvalue weighted by Gasteiger charge is -2.25. The van der Waals surface area contributed by atoms with Gasteiger partial charge in [0.05, 0.1) is 20.3 Å². The molecule has 6 heteroatoms. The van der Waals surface area contributed by atoms with E-state index in [0.29, 0.717) is 17.9 Å². The zero-order valence-corrected chi connectivity index (χ0v) is 16.9. The van der Waals surface area contributed by atoms with Crippen molar-refractivity contribution in [3.05, 3.63) is 59.4 Å². The van der Waals surface area contributed by atoms with Gasteiger partial charge in [-0.25, -0.2) is 0 Å². The number of hydrogen-bond donors (Lipinski definition) is 1. The fraction of sp³-hybridized carbons (Fsp3) is 0.318. The van der Waals surface area contributed by atoms with Crippen molar-refractivity contribution in [3.8, 4) is 11.5 Å². The third-order valence-corrected chi connectivity index (χ3v) is 4.93. The maximum atomic E-state index is 12.8. The topological polar surface area (TPSA) is 63.9 Å². The molecule has 0 saturated carbocycles. The number of furan rings is 1. The molecule has 3 rings (SSSR count). The maximum Gasteiger partial charge on any atom is 0.287 e. The fourth-order valence-electron chi connectivity index (χ4n) is 3.24. The normalized spacial score (nSPS) is 12.2. The third-order valence-electron chi connectivity index (χ3n) is 4.93. The van der Waals surface area contributed by atoms with Crippen molar-refractivity contribution in [2.45, 2.75) is 13.0 Å². The number of ether oxygens (including phenoxy) is 2. The van der Waals surface area contributed by atoms with Crippen LogP contribution in [0.1, 0.15) is 27.7 Å². The van der Waals surface area contributed by atoms with Gasteiger partial charge in [-0.05, 0) is 56.9 Å². The molecule has 0 aliphatic carbocycles. The predicted octanol–water partition coefficient (Wildman–Crippen LogP) is 3.79. The third kappa shape index (κ3) is 3.97. The van der Waals surface area contributed by atoms with E-state index in [-0.39, 0.29) is 11.9 Å². The largest absolute Gasteiger partial charge is 0.497 e. The van der Waals surface area contributed by atoms with Crippen molar-refractivity contribution in [2.24, 2.45) is 0 Å². The lowest BCUT2D eigenvalue weighted by atomic mass is 10.1. The molecule has 6 nitrogen and oxygen atoms in total. The van der Waals surface area contributed by atoms with Crippen molar-refractivity contribution >= 4 is 16.9 Å². The Kier molecular flexibility index (Phi) is 5.90. The highest BCUT2D eigenvalue weighted by Gasteiger charge is 2.21. The molecule has 0 saturated heterocycles. The zero-order chi connectivity index (χ0) is 20.3. The summed E-state index contributed by atoms with van der Waals surface area (Å²) in [6.45, 7) is 2.34. The van der Waals surface area contributed by atoms with Crippen LogP contribution in [-0.2, 0) is 0 Å². The fourth-order valence-corrected chi connectivity index (χ4v) is 3.24. The zero-order valence-electron chi connectivity index (χ0n) is 16.9. The molecule has 1 heterocycles. The number of likely N-dealkylation sites (N-methyl/N-ethyl adjacent to an activating group) is 1. The van der Waals surface area contributed by atoms with Crippen LogP contribution in [0.25, 0.3) is 11.0 Å². The van der Waals surface area contributed by atoms with Crippen LogP contribution < -0.4 is 14.8 Å². The molecule has 1 atom stereocenters. The summed E-state index contributed by atoms with van der Waals surface area (Å²) in [7, 11) is 7.23. The Balaban J connectivity index is 1.77. The molecule has 28 heavy (non-hydrogen) atoms. The second kappa shape index (κ2) is 8.35. The van der Waals surface area contributed by atoms with Crippen molar-refractivity contribution < 1.29 is 18.7 Å². The van der Waals surface area contributed by atoms with E-state index < -0.39 is 0 Å². The Bertz CT molecular complexity index is 961. The quantitative estimate of drug-likeness (QED) is 0.674. The van der Waals surface area contributed by atoms with Gasteiger partial charge in [0.1, 0.15) is 17.1 Å². The van der Waals surface area contributed by atoms with Gasteiger partial charge in [-0.1, -0.05) is 12.1 Å². The molecular formula is C22H26N2O4. The van der Waals surface area contributed by atoms with Crippen LogP contribution in [0.4, 0.5) is 0 Å². The Labute approximate surface area is 165 Å². The molecule has 1 N–H and O–H groups in total. The van der Waals surface area contributed by atoms with Crippen LogP contribution >= 0.6 is 0 Å². The number of amides is 1. The van der Waals surface area contributed by atoms with E-state index in [1.165, 1.54) is 0 Å². The Morgan fingerprint density at radius 1 is 1.07 bits per heavy atom. The van der Waals surface area contributed by atoms with Gasteiger partial charge in [0.2, 0.25) is 0 Å². The van der Waals surface area contributed by atoms with E-state index in [1.54, 1.807) is 14.2 Å². The molecule has 3 aromatic rings. The average molecular weight is 382 g/mol. The predicted molar refractivity (Wildman–Crippen MR) is 109 cm³/mol. The van der Waals surface area contributed by atoms with Gasteiger partial charge in [0, 0.05) is 17.5 Å². The highest BCUT2D eigenvalue weighted by Crippen LogP contribution is 2.29. The summed E-state index contributed by atoms with van der Waals surface area (Å²) < 4.78 is 16.3. The number of nitrogens with zero attached hydrogens (tertiary/aromatic N) is 1. The van der Waals surface area contributed by atoms with Gasteiger partial charge >= 0.3 is 0 Å². The minimum atomic E-state index is -0.229. The van der Waals surface area contributed by atoms with E-state index in [4.69, 9.17) is 13.9 Å². The van der Waals surface area contributed by atoms with E-state index in [0.717, 1.165) is 28.0 Å². The molecule has 2 aromatic carbocycles. The first kappa shape index (κ1) is 19.8. The Morgan fingerprint density at radius 2 is 1.71 bits per heavy atom. The number of carbonyl (C=O) groups excluding carboxylic acids is 1. The highest BCUT2D eigenvalue weighted by atomic mass is 16.5. The number of hydrogen-bond acceptors (Lipinski definition) is 5. The van der Waals surface area contributed by atoms with Crippen LogP contribution in [0.15, 0.2) is 46.9 Å². The van der Waals surface area contributed by atoms with E-state index in [1.807, 2.05) is 63.5 Å². The SMILES string of the molecule is COc1ccc(C(CNC(=O)c2oc3ccc(OC)cc3c2C)N(C)C)cc1. The van der Waals surface area contributed by atoms with E-state index >= 15 is 0 Å². The van der Waals surface area contributed by atoms with Crippen molar-refractivity contribution in [1.82, 2.24) is 10.2 Å². The van der Waals surface area contributed by atoms with Crippen LogP contribution in [0.2, 0.25) is 0 Å². The molecule has 1 amide bonds. The van der Waals surface area contributed by atoms with Crippen molar-refractivity contribution in [1.29, 1.82) is 0 Å². The molecule has 0 aliphatic rings. The van der Waals surface area contributed by atoms with Gasteiger partial charge in [-0.3, -0.25) is 4.79 Å². The first-order valence-corrected chi connectivity index (χ1v) is 9.10. The van der Waals surface area contributed by atoms with E-state index in [9.17, 15) is 4.79 Å². The number of methoxy groups -OCH3 is 2. The van der Waals surface area contributed by atoms with Gasteiger partial charge in [0.15, 0.2) is 5.76 Å².